The summed E-state index contributed by atoms with van der Waals surface area (Å²) in [6, 6.07) is 13.6. The first kappa shape index (κ1) is 23.0. The molecule has 0 unspecified atom stereocenters. The molecule has 1 aliphatic carbocycles. The van der Waals surface area contributed by atoms with E-state index < -0.39 is 21.3 Å². The second-order valence-corrected chi connectivity index (χ2v) is 9.61. The lowest BCUT2D eigenvalue weighted by atomic mass is 9.96. The highest BCUT2D eigenvalue weighted by Crippen LogP contribution is 2.49. The zero-order chi connectivity index (χ0) is 22.6. The summed E-state index contributed by atoms with van der Waals surface area (Å²) < 4.78 is 32.0. The lowest BCUT2D eigenvalue weighted by Crippen LogP contribution is -2.37. The van der Waals surface area contributed by atoms with E-state index in [1.165, 1.54) is 0 Å². The Hall–Kier alpha value is -2.71. The molecule has 2 aromatic rings. The van der Waals surface area contributed by atoms with Gasteiger partial charge in [-0.3, -0.25) is 9.59 Å². The summed E-state index contributed by atoms with van der Waals surface area (Å²) >= 11 is 0. The number of nitrogens with zero attached hydrogens (tertiary/aromatic N) is 1. The normalized spacial score (nSPS) is 14.8. The number of ether oxygens (including phenoxy) is 1. The van der Waals surface area contributed by atoms with Crippen molar-refractivity contribution in [1.29, 1.82) is 0 Å². The third-order valence-electron chi connectivity index (χ3n) is 5.47. The summed E-state index contributed by atoms with van der Waals surface area (Å²) in [6.45, 7) is 5.58. The van der Waals surface area contributed by atoms with Crippen molar-refractivity contribution in [3.05, 3.63) is 59.7 Å². The molecule has 8 heteroatoms. The summed E-state index contributed by atoms with van der Waals surface area (Å²) in [5.74, 6) is -0.650. The fraction of sp³-hybridized carbons (Fsp3) is 0.391. The predicted octanol–water partition coefficient (Wildman–Crippen LogP) is 3.24. The number of carbonyl (C=O) groups is 2. The maximum absolute atomic E-state index is 12.8. The van der Waals surface area contributed by atoms with Crippen molar-refractivity contribution in [2.24, 2.45) is 0 Å². The smallest absolute Gasteiger partial charge is 0.316 e. The molecule has 7 nitrogen and oxygen atoms in total. The molecule has 0 aliphatic heterocycles. The number of nitrogens with one attached hydrogen (secondary N) is 1. The molecule has 0 atom stereocenters. The largest absolute Gasteiger partial charge is 0.465 e. The summed E-state index contributed by atoms with van der Waals surface area (Å²) in [6.07, 6.45) is 1.50. The van der Waals surface area contributed by atoms with Crippen molar-refractivity contribution in [2.75, 3.05) is 25.0 Å². The van der Waals surface area contributed by atoms with Gasteiger partial charge in [-0.25, -0.2) is 8.42 Å². The SMILES string of the molecule is CCOC(=O)C1(c2ccc(NC(=O)CN(CC)S(=O)(=O)c3ccc(C)cc3)cc2)CC1. The monoisotopic (exact) mass is 444 g/mol. The average molecular weight is 445 g/mol. The van der Waals surface area contributed by atoms with E-state index in [4.69, 9.17) is 4.74 Å². The molecule has 0 heterocycles. The third kappa shape index (κ3) is 4.97. The minimum Gasteiger partial charge on any atom is -0.465 e. The van der Waals surface area contributed by atoms with Crippen molar-refractivity contribution in [2.45, 2.75) is 43.9 Å². The van der Waals surface area contributed by atoms with Crippen LogP contribution in [0.1, 0.15) is 37.8 Å². The molecule has 31 heavy (non-hydrogen) atoms. The minimum absolute atomic E-state index is 0.158. The first-order valence-corrected chi connectivity index (χ1v) is 11.8. The van der Waals surface area contributed by atoms with Crippen molar-refractivity contribution < 1.29 is 22.7 Å². The summed E-state index contributed by atoms with van der Waals surface area (Å²) in [5, 5.41) is 2.73. The van der Waals surface area contributed by atoms with E-state index in [1.54, 1.807) is 62.4 Å². The van der Waals surface area contributed by atoms with Gasteiger partial charge in [-0.05, 0) is 56.5 Å². The maximum Gasteiger partial charge on any atom is 0.316 e. The highest BCUT2D eigenvalue weighted by molar-refractivity contribution is 7.89. The lowest BCUT2D eigenvalue weighted by Gasteiger charge is -2.20. The number of esters is 1. The van der Waals surface area contributed by atoms with E-state index in [-0.39, 0.29) is 24.0 Å². The van der Waals surface area contributed by atoms with Gasteiger partial charge in [0.25, 0.3) is 0 Å². The number of anilines is 1. The van der Waals surface area contributed by atoms with Crippen LogP contribution in [0.5, 0.6) is 0 Å². The van der Waals surface area contributed by atoms with E-state index in [1.807, 2.05) is 6.92 Å². The van der Waals surface area contributed by atoms with Gasteiger partial charge in [0, 0.05) is 12.2 Å². The van der Waals surface area contributed by atoms with Crippen LogP contribution in [0.3, 0.4) is 0 Å². The number of hydrogen-bond acceptors (Lipinski definition) is 5. The molecule has 0 aromatic heterocycles. The first-order chi connectivity index (χ1) is 14.7. The number of rotatable bonds is 9. The zero-order valence-electron chi connectivity index (χ0n) is 18.1. The van der Waals surface area contributed by atoms with Gasteiger partial charge in [0.15, 0.2) is 0 Å². The van der Waals surface area contributed by atoms with E-state index in [9.17, 15) is 18.0 Å². The van der Waals surface area contributed by atoms with Crippen molar-refractivity contribution in [3.63, 3.8) is 0 Å². The van der Waals surface area contributed by atoms with Crippen LogP contribution in [-0.4, -0.2) is 44.3 Å². The van der Waals surface area contributed by atoms with Crippen LogP contribution in [0.2, 0.25) is 0 Å². The molecule has 0 radical (unpaired) electrons. The van der Waals surface area contributed by atoms with Gasteiger partial charge < -0.3 is 10.1 Å². The molecule has 3 rings (SSSR count). The van der Waals surface area contributed by atoms with Gasteiger partial charge in [-0.1, -0.05) is 36.8 Å². The van der Waals surface area contributed by atoms with E-state index in [0.717, 1.165) is 28.3 Å². The Morgan fingerprint density at radius 1 is 1.03 bits per heavy atom. The van der Waals surface area contributed by atoms with Gasteiger partial charge in [0.05, 0.1) is 23.5 Å². The molecular formula is C23H28N2O5S. The van der Waals surface area contributed by atoms with Crippen LogP contribution in [0.15, 0.2) is 53.4 Å². The van der Waals surface area contributed by atoms with Gasteiger partial charge in [-0.15, -0.1) is 0 Å². The second kappa shape index (κ2) is 9.20. The first-order valence-electron chi connectivity index (χ1n) is 10.4. The highest BCUT2D eigenvalue weighted by Gasteiger charge is 2.52. The molecule has 1 fully saturated rings. The number of hydrogen-bond donors (Lipinski definition) is 1. The Balaban J connectivity index is 1.66. The Bertz CT molecular complexity index is 1040. The number of amides is 1. The number of aryl methyl sites for hydroxylation is 1. The number of sulfonamides is 1. The van der Waals surface area contributed by atoms with Crippen LogP contribution < -0.4 is 5.32 Å². The molecule has 2 aromatic carbocycles. The van der Waals surface area contributed by atoms with Crippen molar-refractivity contribution in [3.8, 4) is 0 Å². The molecule has 1 amide bonds. The molecule has 1 saturated carbocycles. The molecule has 1 aliphatic rings. The van der Waals surface area contributed by atoms with Crippen molar-refractivity contribution >= 4 is 27.6 Å². The van der Waals surface area contributed by atoms with Crippen LogP contribution in [-0.2, 0) is 29.8 Å². The molecule has 1 N–H and O–H groups in total. The van der Waals surface area contributed by atoms with Crippen LogP contribution in [0.25, 0.3) is 0 Å². The number of likely N-dealkylation sites (N-methyl/N-ethyl adjacent to an activating group) is 1. The zero-order valence-corrected chi connectivity index (χ0v) is 18.9. The molecule has 166 valence electrons. The standard InChI is InChI=1S/C23H28N2O5S/c1-4-25(31(28,29)20-12-6-17(3)7-13-20)16-21(26)24-19-10-8-18(9-11-19)23(14-15-23)22(27)30-5-2/h6-13H,4-5,14-16H2,1-3H3,(H,24,26). The van der Waals surface area contributed by atoms with Crippen LogP contribution in [0.4, 0.5) is 5.69 Å². The van der Waals surface area contributed by atoms with E-state index in [2.05, 4.69) is 5.32 Å². The van der Waals surface area contributed by atoms with Crippen LogP contribution in [0, 0.1) is 6.92 Å². The van der Waals surface area contributed by atoms with Crippen LogP contribution >= 0.6 is 0 Å². The summed E-state index contributed by atoms with van der Waals surface area (Å²) in [7, 11) is -3.77. The van der Waals surface area contributed by atoms with E-state index in [0.29, 0.717) is 12.3 Å². The van der Waals surface area contributed by atoms with Gasteiger partial charge in [0.1, 0.15) is 0 Å². The lowest BCUT2D eigenvalue weighted by molar-refractivity contribution is -0.146. The maximum atomic E-state index is 12.8. The fourth-order valence-electron chi connectivity index (χ4n) is 3.46. The van der Waals surface area contributed by atoms with E-state index >= 15 is 0 Å². The number of benzene rings is 2. The molecule has 0 saturated heterocycles. The van der Waals surface area contributed by atoms with Gasteiger partial charge >= 0.3 is 5.97 Å². The van der Waals surface area contributed by atoms with Gasteiger partial charge in [0.2, 0.25) is 15.9 Å². The Kier molecular flexibility index (Phi) is 6.81. The quantitative estimate of drug-likeness (QED) is 0.600. The topological polar surface area (TPSA) is 92.8 Å². The fourth-order valence-corrected chi connectivity index (χ4v) is 4.87. The molecule has 0 bridgehead atoms. The minimum atomic E-state index is -3.77. The summed E-state index contributed by atoms with van der Waals surface area (Å²) in [4.78, 5) is 24.9. The highest BCUT2D eigenvalue weighted by atomic mass is 32.2. The third-order valence-corrected chi connectivity index (χ3v) is 7.40. The van der Waals surface area contributed by atoms with Gasteiger partial charge in [-0.2, -0.15) is 4.31 Å². The molecule has 0 spiro atoms. The predicted molar refractivity (Wildman–Crippen MR) is 118 cm³/mol. The summed E-state index contributed by atoms with van der Waals surface area (Å²) in [5.41, 5.74) is 1.79. The Morgan fingerprint density at radius 3 is 2.16 bits per heavy atom. The molecular weight excluding hydrogens is 416 g/mol. The Morgan fingerprint density at radius 2 is 1.65 bits per heavy atom. The number of carbonyl (C=O) groups excluding carboxylic acids is 2. The van der Waals surface area contributed by atoms with Crippen molar-refractivity contribution in [1.82, 2.24) is 4.31 Å². The second-order valence-electron chi connectivity index (χ2n) is 7.67. The average Bonchev–Trinajstić information content (AvgIpc) is 3.55. The Labute approximate surface area is 183 Å².